The lowest BCUT2D eigenvalue weighted by atomic mass is 9.77. The van der Waals surface area contributed by atoms with Gasteiger partial charge in [-0.05, 0) is 118 Å². The van der Waals surface area contributed by atoms with Crippen LogP contribution in [0.25, 0.3) is 32.9 Å². The van der Waals surface area contributed by atoms with Crippen LogP contribution in [0.4, 0.5) is 15.0 Å². The number of halogens is 1. The van der Waals surface area contributed by atoms with Gasteiger partial charge >= 0.3 is 12.1 Å². The summed E-state index contributed by atoms with van der Waals surface area (Å²) in [6, 6.07) is 42.8. The smallest absolute Gasteiger partial charge is 0.410 e. The Morgan fingerprint density at radius 1 is 0.833 bits per heavy atom. The van der Waals surface area contributed by atoms with Gasteiger partial charge in [0.1, 0.15) is 34.9 Å². The summed E-state index contributed by atoms with van der Waals surface area (Å²) in [5, 5.41) is 6.99. The van der Waals surface area contributed by atoms with Crippen molar-refractivity contribution in [3.63, 3.8) is 0 Å². The molecule has 2 bridgehead atoms. The minimum Gasteiger partial charge on any atom is -0.486 e. The number of amides is 1. The van der Waals surface area contributed by atoms with Gasteiger partial charge in [-0.15, -0.1) is 6.42 Å². The number of rotatable bonds is 13. The number of carbonyl (C=O) groups excluding carboxylic acids is 1. The highest BCUT2D eigenvalue weighted by Gasteiger charge is 2.48. The van der Waals surface area contributed by atoms with E-state index in [2.05, 4.69) is 103 Å². The van der Waals surface area contributed by atoms with E-state index >= 15 is 4.39 Å². The normalized spacial score (nSPS) is 17.1. The van der Waals surface area contributed by atoms with Crippen LogP contribution in [0, 0.1) is 25.1 Å². The summed E-state index contributed by atoms with van der Waals surface area (Å²) in [5.41, 5.74) is 7.14. The summed E-state index contributed by atoms with van der Waals surface area (Å²) in [4.78, 5) is 28.2. The second-order valence-corrected chi connectivity index (χ2v) is 20.6. The molecule has 0 spiro atoms. The Hall–Kier alpha value is -7.71. The Bertz CT molecular complexity index is 3270. The van der Waals surface area contributed by atoms with Gasteiger partial charge in [0, 0.05) is 52.8 Å². The summed E-state index contributed by atoms with van der Waals surface area (Å²) in [6.07, 6.45) is 10.8. The molecule has 11 rings (SSSR count). The molecule has 72 heavy (non-hydrogen) atoms. The number of anilines is 1. The topological polar surface area (TPSA) is 94.8 Å². The zero-order valence-corrected chi connectivity index (χ0v) is 41.7. The Kier molecular flexibility index (Phi) is 12.0. The average molecular weight is 959 g/mol. The largest absolute Gasteiger partial charge is 0.486 e. The van der Waals surface area contributed by atoms with E-state index < -0.39 is 11.1 Å². The van der Waals surface area contributed by atoms with Crippen molar-refractivity contribution >= 4 is 33.7 Å². The first-order valence-electron chi connectivity index (χ1n) is 25.2. The molecule has 364 valence electrons. The molecule has 2 aliphatic heterocycles. The Balaban J connectivity index is 1.17. The van der Waals surface area contributed by atoms with E-state index in [1.165, 1.54) is 0 Å². The van der Waals surface area contributed by atoms with Crippen LogP contribution in [-0.2, 0) is 16.9 Å². The van der Waals surface area contributed by atoms with Crippen molar-refractivity contribution in [3.05, 3.63) is 178 Å². The Morgan fingerprint density at radius 2 is 1.47 bits per heavy atom. The molecule has 2 saturated heterocycles. The van der Waals surface area contributed by atoms with Crippen molar-refractivity contribution in [3.8, 4) is 35.2 Å². The second-order valence-electron chi connectivity index (χ2n) is 20.6. The molecule has 6 aromatic carbocycles. The van der Waals surface area contributed by atoms with Gasteiger partial charge in [0.25, 0.3) is 0 Å². The molecular formula is C61H59FN6O4. The van der Waals surface area contributed by atoms with E-state index in [9.17, 15) is 4.79 Å². The van der Waals surface area contributed by atoms with E-state index in [0.717, 1.165) is 81.2 Å². The number of fused-ring (bicyclic) bond motifs is 4. The van der Waals surface area contributed by atoms with Gasteiger partial charge in [-0.25, -0.2) is 9.18 Å². The van der Waals surface area contributed by atoms with Gasteiger partial charge in [-0.1, -0.05) is 116 Å². The fourth-order valence-corrected chi connectivity index (χ4v) is 10.9. The van der Waals surface area contributed by atoms with Gasteiger partial charge < -0.3 is 24.0 Å². The predicted molar refractivity (Wildman–Crippen MR) is 281 cm³/mol. The minimum atomic E-state index is -0.949. The molecule has 11 heteroatoms. The molecular weight excluding hydrogens is 900 g/mol. The molecule has 8 aromatic rings. The summed E-state index contributed by atoms with van der Waals surface area (Å²) < 4.78 is 38.8. The van der Waals surface area contributed by atoms with E-state index in [4.69, 9.17) is 35.7 Å². The number of piperazine rings is 1. The molecule has 3 fully saturated rings. The number of terminal acetylenes is 1. The quantitative estimate of drug-likeness (QED) is 0.0833. The summed E-state index contributed by atoms with van der Waals surface area (Å²) >= 11 is 0. The SMILES string of the molecule is C#Cc1ccc(COc2c(-c3c(C)c(F)cc4nn(C(c5ccccc5)(c5ccccc5)c5ccccc5)cc34)c(C3CC3)cc3c(N4C[C@@H]5C[C@H]4CN5C(=O)OC(C)(C)C)nc(O[C@H](C)CC)nc23)cc1. The van der Waals surface area contributed by atoms with Crippen LogP contribution < -0.4 is 14.4 Å². The van der Waals surface area contributed by atoms with Crippen LogP contribution in [-0.4, -0.2) is 67.6 Å². The van der Waals surface area contributed by atoms with E-state index in [-0.39, 0.29) is 48.6 Å². The van der Waals surface area contributed by atoms with Crippen molar-refractivity contribution in [1.29, 1.82) is 0 Å². The van der Waals surface area contributed by atoms with E-state index in [1.807, 2.05) is 86.7 Å². The number of likely N-dealkylation sites (tertiary alicyclic amines) is 1. The first-order valence-corrected chi connectivity index (χ1v) is 25.2. The maximum absolute atomic E-state index is 17.2. The third-order valence-corrected chi connectivity index (χ3v) is 14.7. The Labute approximate surface area is 420 Å². The van der Waals surface area contributed by atoms with Crippen LogP contribution in [0.1, 0.15) is 105 Å². The molecule has 2 aromatic heterocycles. The molecule has 3 aliphatic rings. The van der Waals surface area contributed by atoms with Crippen LogP contribution in [0.3, 0.4) is 0 Å². The highest BCUT2D eigenvalue weighted by molar-refractivity contribution is 6.06. The van der Waals surface area contributed by atoms with Gasteiger partial charge in [0.15, 0.2) is 5.75 Å². The van der Waals surface area contributed by atoms with Crippen LogP contribution >= 0.6 is 0 Å². The zero-order chi connectivity index (χ0) is 49.9. The van der Waals surface area contributed by atoms with Gasteiger partial charge in [-0.3, -0.25) is 4.68 Å². The highest BCUT2D eigenvalue weighted by Crippen LogP contribution is 2.54. The first-order chi connectivity index (χ1) is 34.8. The Morgan fingerprint density at radius 3 is 2.03 bits per heavy atom. The summed E-state index contributed by atoms with van der Waals surface area (Å²) in [7, 11) is 0. The summed E-state index contributed by atoms with van der Waals surface area (Å²) in [6.45, 7) is 12.8. The van der Waals surface area contributed by atoms with Gasteiger partial charge in [0.2, 0.25) is 0 Å². The monoisotopic (exact) mass is 958 g/mol. The van der Waals surface area contributed by atoms with Crippen molar-refractivity contribution < 1.29 is 23.4 Å². The molecule has 1 aliphatic carbocycles. The van der Waals surface area contributed by atoms with Crippen molar-refractivity contribution in [2.75, 3.05) is 18.0 Å². The average Bonchev–Trinajstić information content (AvgIpc) is 3.83. The molecule has 0 radical (unpaired) electrons. The lowest BCUT2D eigenvalue weighted by Gasteiger charge is -2.36. The van der Waals surface area contributed by atoms with Crippen LogP contribution in [0.2, 0.25) is 0 Å². The summed E-state index contributed by atoms with van der Waals surface area (Å²) in [5.74, 6) is 3.74. The van der Waals surface area contributed by atoms with Crippen molar-refractivity contribution in [2.24, 2.45) is 0 Å². The van der Waals surface area contributed by atoms with Crippen molar-refractivity contribution in [1.82, 2.24) is 24.6 Å². The third kappa shape index (κ3) is 8.36. The molecule has 1 amide bonds. The third-order valence-electron chi connectivity index (χ3n) is 14.7. The highest BCUT2D eigenvalue weighted by atomic mass is 19.1. The standard InChI is InChI=1S/C61H59FN6O4/c1-8-38(3)71-58-63-55-49(57(64-58)66-34-47-31-46(66)35-67(47)59(69)72-60(5,6)7)32-48(42-29-30-42)54(56(55)70-37-41-27-25-40(9-2)26-28-41)53-39(4)51(62)33-52-50(53)36-68(65-52)61(43-19-13-10-14-20-43,44-21-15-11-16-22-44)45-23-17-12-18-24-45/h2,10-28,32-33,36,38,42,46-47H,8,29-31,34-35,37H2,1,3-7H3/t38-,46+,47+/m1/s1. The lowest BCUT2D eigenvalue weighted by molar-refractivity contribution is 0.0214. The lowest BCUT2D eigenvalue weighted by Crippen LogP contribution is -2.50. The fourth-order valence-electron chi connectivity index (χ4n) is 10.9. The molecule has 0 unspecified atom stereocenters. The second kappa shape index (κ2) is 18.5. The number of ether oxygens (including phenoxy) is 3. The number of nitrogens with zero attached hydrogens (tertiary/aromatic N) is 6. The number of hydrogen-bond acceptors (Lipinski definition) is 8. The van der Waals surface area contributed by atoms with E-state index in [1.54, 1.807) is 6.07 Å². The van der Waals surface area contributed by atoms with Crippen LogP contribution in [0.5, 0.6) is 11.8 Å². The molecule has 3 atom stereocenters. The maximum Gasteiger partial charge on any atom is 0.410 e. The van der Waals surface area contributed by atoms with Gasteiger partial charge in [0.05, 0.1) is 23.7 Å². The minimum absolute atomic E-state index is 0.0183. The first kappa shape index (κ1) is 46.7. The number of aromatic nitrogens is 4. The van der Waals surface area contributed by atoms with Gasteiger partial charge in [-0.2, -0.15) is 15.1 Å². The molecule has 0 N–H and O–H groups in total. The van der Waals surface area contributed by atoms with Crippen LogP contribution in [0.15, 0.2) is 134 Å². The van der Waals surface area contributed by atoms with Crippen molar-refractivity contribution in [2.45, 2.75) is 109 Å². The predicted octanol–water partition coefficient (Wildman–Crippen LogP) is 12.7. The molecule has 4 heterocycles. The maximum atomic E-state index is 17.2. The molecule has 1 saturated carbocycles. The number of carbonyl (C=O) groups is 1. The zero-order valence-electron chi connectivity index (χ0n) is 41.7. The number of benzene rings is 6. The van der Waals surface area contributed by atoms with E-state index in [0.29, 0.717) is 41.0 Å². The molecule has 10 nitrogen and oxygen atoms in total. The fraction of sp³-hybridized carbons (Fsp3) is 0.311. The number of hydrogen-bond donors (Lipinski definition) is 0.